The zero-order chi connectivity index (χ0) is 18.8. The number of carbonyl (C=O) groups excluding carboxylic acids is 1. The Kier molecular flexibility index (Phi) is 4.42. The molecule has 0 fully saturated rings. The maximum atomic E-state index is 12.8. The minimum atomic E-state index is -0.107. The molecular formula is C20H18N4O3. The fourth-order valence-corrected chi connectivity index (χ4v) is 2.87. The van der Waals surface area contributed by atoms with Gasteiger partial charge < -0.3 is 13.8 Å². The predicted octanol–water partition coefficient (Wildman–Crippen LogP) is 3.71. The van der Waals surface area contributed by atoms with Gasteiger partial charge >= 0.3 is 0 Å². The van der Waals surface area contributed by atoms with Crippen molar-refractivity contribution in [1.82, 2.24) is 20.0 Å². The Labute approximate surface area is 155 Å². The lowest BCUT2D eigenvalue weighted by Gasteiger charge is -2.16. The molecule has 0 saturated carbocycles. The van der Waals surface area contributed by atoms with Gasteiger partial charge in [-0.15, -0.1) is 0 Å². The Morgan fingerprint density at radius 3 is 2.85 bits per heavy atom. The van der Waals surface area contributed by atoms with Crippen LogP contribution in [-0.4, -0.2) is 33.0 Å². The lowest BCUT2D eigenvalue weighted by atomic mass is 10.1. The molecule has 1 amide bonds. The highest BCUT2D eigenvalue weighted by Crippen LogP contribution is 2.28. The van der Waals surface area contributed by atoms with Crippen LogP contribution in [0.5, 0.6) is 0 Å². The smallest absolute Gasteiger partial charge is 0.253 e. The van der Waals surface area contributed by atoms with Crippen LogP contribution in [0, 0.1) is 0 Å². The van der Waals surface area contributed by atoms with Gasteiger partial charge in [0.2, 0.25) is 0 Å². The summed E-state index contributed by atoms with van der Waals surface area (Å²) in [6, 6.07) is 10.9. The first-order chi connectivity index (χ1) is 13.2. The second-order valence-corrected chi connectivity index (χ2v) is 6.20. The van der Waals surface area contributed by atoms with Crippen LogP contribution >= 0.6 is 0 Å². The Morgan fingerprint density at radius 1 is 1.22 bits per heavy atom. The second kappa shape index (κ2) is 7.03. The molecule has 0 N–H and O–H groups in total. The summed E-state index contributed by atoms with van der Waals surface area (Å²) >= 11 is 0. The van der Waals surface area contributed by atoms with Crippen molar-refractivity contribution < 1.29 is 13.7 Å². The van der Waals surface area contributed by atoms with Crippen LogP contribution in [0.25, 0.3) is 22.4 Å². The normalized spacial score (nSPS) is 11.0. The number of hydrogen-bond acceptors (Lipinski definition) is 6. The van der Waals surface area contributed by atoms with Gasteiger partial charge in [0.25, 0.3) is 5.91 Å². The van der Waals surface area contributed by atoms with Gasteiger partial charge in [0.05, 0.1) is 17.6 Å². The van der Waals surface area contributed by atoms with Gasteiger partial charge in [-0.05, 0) is 30.3 Å². The van der Waals surface area contributed by atoms with E-state index in [2.05, 4.69) is 15.1 Å². The van der Waals surface area contributed by atoms with Crippen molar-refractivity contribution in [2.75, 3.05) is 7.05 Å². The van der Waals surface area contributed by atoms with E-state index in [4.69, 9.17) is 8.94 Å². The molecule has 7 nitrogen and oxygen atoms in total. The predicted molar refractivity (Wildman–Crippen MR) is 98.9 cm³/mol. The summed E-state index contributed by atoms with van der Waals surface area (Å²) < 4.78 is 10.8. The summed E-state index contributed by atoms with van der Waals surface area (Å²) in [4.78, 5) is 23.1. The molecule has 0 aliphatic rings. The first-order valence-electron chi connectivity index (χ1n) is 8.65. The third-order valence-electron chi connectivity index (χ3n) is 4.29. The Morgan fingerprint density at radius 2 is 2.11 bits per heavy atom. The van der Waals surface area contributed by atoms with Crippen molar-refractivity contribution in [3.05, 3.63) is 66.0 Å². The molecule has 27 heavy (non-hydrogen) atoms. The van der Waals surface area contributed by atoms with Crippen LogP contribution in [0.15, 0.2) is 57.8 Å². The molecule has 3 aromatic heterocycles. The summed E-state index contributed by atoms with van der Waals surface area (Å²) in [7, 11) is 1.75. The molecule has 0 aliphatic heterocycles. The number of carbonyl (C=O) groups is 1. The van der Waals surface area contributed by atoms with Gasteiger partial charge in [0.1, 0.15) is 17.7 Å². The number of hydrogen-bond donors (Lipinski definition) is 0. The second-order valence-electron chi connectivity index (χ2n) is 6.20. The van der Waals surface area contributed by atoms with Gasteiger partial charge in [-0.2, -0.15) is 0 Å². The average molecular weight is 362 g/mol. The summed E-state index contributed by atoms with van der Waals surface area (Å²) in [5.74, 6) is 0.521. The highest BCUT2D eigenvalue weighted by molar-refractivity contribution is 6.00. The standard InChI is InChI=1S/C20H18N4O3/c1-3-18-22-16(12-26-18)19-15-10-13(7-8-17(15)27-23-19)20(25)24(2)11-14-6-4-5-9-21-14/h4-10,12H,3,11H2,1-2H3. The number of aromatic nitrogens is 3. The van der Waals surface area contributed by atoms with Crippen LogP contribution in [0.2, 0.25) is 0 Å². The molecule has 0 radical (unpaired) electrons. The number of amides is 1. The molecule has 0 aliphatic carbocycles. The Hall–Kier alpha value is -3.48. The summed E-state index contributed by atoms with van der Waals surface area (Å²) in [6.45, 7) is 2.39. The van der Waals surface area contributed by atoms with E-state index >= 15 is 0 Å². The summed E-state index contributed by atoms with van der Waals surface area (Å²) in [5.41, 5.74) is 3.13. The van der Waals surface area contributed by atoms with E-state index in [0.29, 0.717) is 41.4 Å². The van der Waals surface area contributed by atoms with Crippen LogP contribution in [-0.2, 0) is 13.0 Å². The number of rotatable bonds is 5. The molecule has 3 heterocycles. The van der Waals surface area contributed by atoms with Crippen molar-refractivity contribution in [3.8, 4) is 11.4 Å². The minimum Gasteiger partial charge on any atom is -0.448 e. The molecule has 0 unspecified atom stereocenters. The number of aryl methyl sites for hydroxylation is 1. The van der Waals surface area contributed by atoms with Crippen molar-refractivity contribution in [2.45, 2.75) is 19.9 Å². The zero-order valence-corrected chi connectivity index (χ0v) is 15.0. The maximum absolute atomic E-state index is 12.8. The minimum absolute atomic E-state index is 0.107. The van der Waals surface area contributed by atoms with E-state index in [0.717, 1.165) is 11.1 Å². The highest BCUT2D eigenvalue weighted by atomic mass is 16.5. The summed E-state index contributed by atoms with van der Waals surface area (Å²) in [5, 5.41) is 4.82. The van der Waals surface area contributed by atoms with Gasteiger partial charge in [-0.25, -0.2) is 4.98 Å². The van der Waals surface area contributed by atoms with Crippen LogP contribution in [0.3, 0.4) is 0 Å². The lowest BCUT2D eigenvalue weighted by molar-refractivity contribution is 0.0783. The molecule has 136 valence electrons. The molecule has 7 heteroatoms. The Bertz CT molecular complexity index is 1090. The number of nitrogens with zero attached hydrogens (tertiary/aromatic N) is 4. The van der Waals surface area contributed by atoms with E-state index in [1.807, 2.05) is 25.1 Å². The fourth-order valence-electron chi connectivity index (χ4n) is 2.87. The average Bonchev–Trinajstić information content (AvgIpc) is 3.34. The first kappa shape index (κ1) is 17.0. The van der Waals surface area contributed by atoms with Crippen molar-refractivity contribution in [1.29, 1.82) is 0 Å². The maximum Gasteiger partial charge on any atom is 0.253 e. The lowest BCUT2D eigenvalue weighted by Crippen LogP contribution is -2.26. The third-order valence-corrected chi connectivity index (χ3v) is 4.29. The molecule has 0 bridgehead atoms. The molecule has 0 atom stereocenters. The van der Waals surface area contributed by atoms with Crippen molar-refractivity contribution in [2.24, 2.45) is 0 Å². The molecule has 0 saturated heterocycles. The highest BCUT2D eigenvalue weighted by Gasteiger charge is 2.18. The molecule has 4 rings (SSSR count). The Balaban J connectivity index is 1.64. The van der Waals surface area contributed by atoms with Crippen LogP contribution < -0.4 is 0 Å². The fraction of sp³-hybridized carbons (Fsp3) is 0.200. The zero-order valence-electron chi connectivity index (χ0n) is 15.0. The van der Waals surface area contributed by atoms with Gasteiger partial charge in [-0.1, -0.05) is 18.1 Å². The van der Waals surface area contributed by atoms with E-state index in [1.165, 1.54) is 0 Å². The van der Waals surface area contributed by atoms with Crippen LogP contribution in [0.4, 0.5) is 0 Å². The van der Waals surface area contributed by atoms with E-state index in [1.54, 1.807) is 42.6 Å². The SMILES string of the molecule is CCc1nc(-c2noc3ccc(C(=O)N(C)Cc4ccccn4)cc23)co1. The summed E-state index contributed by atoms with van der Waals surface area (Å²) in [6.07, 6.45) is 3.96. The molecular weight excluding hydrogens is 344 g/mol. The van der Waals surface area contributed by atoms with E-state index in [-0.39, 0.29) is 5.91 Å². The van der Waals surface area contributed by atoms with Gasteiger partial charge in [0, 0.05) is 25.2 Å². The van der Waals surface area contributed by atoms with Crippen molar-refractivity contribution in [3.63, 3.8) is 0 Å². The molecule has 4 aromatic rings. The monoisotopic (exact) mass is 362 g/mol. The molecule has 0 spiro atoms. The quantitative estimate of drug-likeness (QED) is 0.538. The molecule has 1 aromatic carbocycles. The van der Waals surface area contributed by atoms with Gasteiger partial charge in [-0.3, -0.25) is 9.78 Å². The van der Waals surface area contributed by atoms with E-state index < -0.39 is 0 Å². The number of oxazole rings is 1. The largest absolute Gasteiger partial charge is 0.448 e. The first-order valence-corrected chi connectivity index (χ1v) is 8.65. The number of pyridine rings is 1. The van der Waals surface area contributed by atoms with E-state index in [9.17, 15) is 4.79 Å². The number of fused-ring (bicyclic) bond motifs is 1. The van der Waals surface area contributed by atoms with Crippen molar-refractivity contribution >= 4 is 16.9 Å². The topological polar surface area (TPSA) is 85.3 Å². The number of benzene rings is 1. The van der Waals surface area contributed by atoms with Crippen LogP contribution in [0.1, 0.15) is 28.9 Å². The third kappa shape index (κ3) is 3.31. The van der Waals surface area contributed by atoms with Gasteiger partial charge in [0.15, 0.2) is 11.5 Å².